The standard InChI is InChI=1S/C9H10NPS/c1-11(2,12)9-5-3-8(7-10)4-6-9/h3-6H,1-2H3. The van der Waals surface area contributed by atoms with Gasteiger partial charge in [0, 0.05) is 0 Å². The van der Waals surface area contributed by atoms with E-state index in [2.05, 4.69) is 19.4 Å². The molecule has 0 aliphatic carbocycles. The number of benzene rings is 1. The quantitative estimate of drug-likeness (QED) is 0.639. The molecule has 0 aliphatic heterocycles. The van der Waals surface area contributed by atoms with Crippen molar-refractivity contribution in [2.45, 2.75) is 0 Å². The Kier molecular flexibility index (Phi) is 2.67. The summed E-state index contributed by atoms with van der Waals surface area (Å²) < 4.78 is 0. The minimum absolute atomic E-state index is 0.696. The second-order valence-electron chi connectivity index (χ2n) is 3.01. The molecule has 0 fully saturated rings. The molecule has 1 nitrogen and oxygen atoms in total. The van der Waals surface area contributed by atoms with Crippen LogP contribution in [0.3, 0.4) is 0 Å². The third-order valence-electron chi connectivity index (χ3n) is 1.62. The molecule has 0 saturated carbocycles. The molecule has 0 heterocycles. The van der Waals surface area contributed by atoms with Crippen LogP contribution in [0, 0.1) is 11.3 Å². The Labute approximate surface area is 78.0 Å². The predicted molar refractivity (Wildman–Crippen MR) is 56.9 cm³/mol. The molecule has 0 spiro atoms. The topological polar surface area (TPSA) is 23.8 Å². The summed E-state index contributed by atoms with van der Waals surface area (Å²) in [6, 6.07) is 8.32. The van der Waals surface area contributed by atoms with E-state index in [0.29, 0.717) is 5.56 Å². The number of hydrogen-bond acceptors (Lipinski definition) is 2. The average Bonchev–Trinajstić information content (AvgIpc) is 2.03. The summed E-state index contributed by atoms with van der Waals surface area (Å²) in [4.78, 5) is 0. The third-order valence-corrected chi connectivity index (χ3v) is 3.79. The van der Waals surface area contributed by atoms with Crippen LogP contribution in [0.2, 0.25) is 0 Å². The van der Waals surface area contributed by atoms with E-state index >= 15 is 0 Å². The Morgan fingerprint density at radius 2 is 1.75 bits per heavy atom. The van der Waals surface area contributed by atoms with Crippen molar-refractivity contribution in [1.82, 2.24) is 0 Å². The normalized spacial score (nSPS) is 10.8. The SMILES string of the molecule is CP(C)(=S)c1ccc(C#N)cc1. The van der Waals surface area contributed by atoms with Gasteiger partial charge in [-0.3, -0.25) is 0 Å². The maximum atomic E-state index is 8.56. The zero-order chi connectivity index (χ0) is 9.19. The van der Waals surface area contributed by atoms with E-state index < -0.39 is 6.04 Å². The molecule has 0 radical (unpaired) electrons. The van der Waals surface area contributed by atoms with E-state index in [1.807, 2.05) is 24.3 Å². The lowest BCUT2D eigenvalue weighted by Gasteiger charge is -2.09. The summed E-state index contributed by atoms with van der Waals surface area (Å²) in [5, 5.41) is 9.76. The van der Waals surface area contributed by atoms with Gasteiger partial charge in [-0.2, -0.15) is 5.26 Å². The molecule has 12 heavy (non-hydrogen) atoms. The molecule has 0 bridgehead atoms. The van der Waals surface area contributed by atoms with Crippen LogP contribution in [-0.2, 0) is 11.8 Å². The molecule has 0 saturated heterocycles. The van der Waals surface area contributed by atoms with Crippen molar-refractivity contribution in [3.63, 3.8) is 0 Å². The Hall–Kier alpha value is -0.640. The van der Waals surface area contributed by atoms with Crippen molar-refractivity contribution in [2.24, 2.45) is 0 Å². The van der Waals surface area contributed by atoms with Crippen molar-refractivity contribution in [3.05, 3.63) is 29.8 Å². The van der Waals surface area contributed by atoms with Crippen LogP contribution < -0.4 is 5.30 Å². The molecule has 1 aromatic rings. The zero-order valence-corrected chi connectivity index (χ0v) is 8.82. The van der Waals surface area contributed by atoms with E-state index in [4.69, 9.17) is 17.1 Å². The number of nitrogens with zero attached hydrogens (tertiary/aromatic N) is 1. The summed E-state index contributed by atoms with van der Waals surface area (Å²) in [5.41, 5.74) is 0.696. The highest BCUT2D eigenvalue weighted by atomic mass is 32.4. The molecule has 0 amide bonds. The van der Waals surface area contributed by atoms with Crippen LogP contribution in [0.4, 0.5) is 0 Å². The number of hydrogen-bond donors (Lipinski definition) is 0. The molecule has 0 aromatic heterocycles. The fraction of sp³-hybridized carbons (Fsp3) is 0.222. The number of rotatable bonds is 1. The van der Waals surface area contributed by atoms with Crippen molar-refractivity contribution in [1.29, 1.82) is 5.26 Å². The molecule has 62 valence electrons. The highest BCUT2D eigenvalue weighted by Crippen LogP contribution is 2.34. The van der Waals surface area contributed by atoms with Gasteiger partial charge >= 0.3 is 0 Å². The number of nitriles is 1. The summed E-state index contributed by atoms with van der Waals surface area (Å²) in [6.45, 7) is 4.17. The van der Waals surface area contributed by atoms with E-state index in [9.17, 15) is 0 Å². The molecule has 0 N–H and O–H groups in total. The van der Waals surface area contributed by atoms with Crippen molar-refractivity contribution in [2.75, 3.05) is 13.3 Å². The Balaban J connectivity index is 3.11. The molecular formula is C9H10NPS. The highest BCUT2D eigenvalue weighted by Gasteiger charge is 2.04. The lowest BCUT2D eigenvalue weighted by molar-refractivity contribution is 1.49. The minimum Gasteiger partial charge on any atom is -0.192 e. The van der Waals surface area contributed by atoms with Gasteiger partial charge in [0.05, 0.1) is 11.6 Å². The first-order chi connectivity index (χ1) is 5.54. The second-order valence-corrected chi connectivity index (χ2v) is 8.97. The largest absolute Gasteiger partial charge is 0.192 e. The van der Waals surface area contributed by atoms with Crippen molar-refractivity contribution < 1.29 is 0 Å². The van der Waals surface area contributed by atoms with E-state index in [0.717, 1.165) is 0 Å². The van der Waals surface area contributed by atoms with Gasteiger partial charge in [0.25, 0.3) is 0 Å². The molecule has 0 unspecified atom stereocenters. The first-order valence-electron chi connectivity index (χ1n) is 3.60. The molecule has 0 aliphatic rings. The molecule has 3 heteroatoms. The van der Waals surface area contributed by atoms with E-state index in [-0.39, 0.29) is 0 Å². The maximum absolute atomic E-state index is 8.56. The van der Waals surface area contributed by atoms with Crippen molar-refractivity contribution >= 4 is 23.1 Å². The van der Waals surface area contributed by atoms with Crippen LogP contribution in [-0.4, -0.2) is 13.3 Å². The fourth-order valence-electron chi connectivity index (χ4n) is 0.895. The third kappa shape index (κ3) is 2.17. The van der Waals surface area contributed by atoms with Crippen LogP contribution in [0.25, 0.3) is 0 Å². The Bertz CT molecular complexity index is 355. The smallest absolute Gasteiger partial charge is 0.0991 e. The van der Waals surface area contributed by atoms with Gasteiger partial charge in [-0.25, -0.2) is 0 Å². The fourth-order valence-corrected chi connectivity index (χ4v) is 2.13. The lowest BCUT2D eigenvalue weighted by Crippen LogP contribution is -2.01. The van der Waals surface area contributed by atoms with Crippen LogP contribution >= 0.6 is 6.04 Å². The van der Waals surface area contributed by atoms with Crippen molar-refractivity contribution in [3.8, 4) is 6.07 Å². The van der Waals surface area contributed by atoms with Gasteiger partial charge in [0.1, 0.15) is 0 Å². The predicted octanol–water partition coefficient (Wildman–Crippen LogP) is 1.92. The zero-order valence-electron chi connectivity index (χ0n) is 7.11. The summed E-state index contributed by atoms with van der Waals surface area (Å²) in [6.07, 6.45) is 0. The molecular weight excluding hydrogens is 185 g/mol. The van der Waals surface area contributed by atoms with E-state index in [1.165, 1.54) is 5.30 Å². The van der Waals surface area contributed by atoms with Gasteiger partial charge in [-0.05, 0) is 36.8 Å². The van der Waals surface area contributed by atoms with Gasteiger partial charge in [0.15, 0.2) is 0 Å². The first-order valence-corrected chi connectivity index (χ1v) is 7.29. The maximum Gasteiger partial charge on any atom is 0.0991 e. The highest BCUT2D eigenvalue weighted by molar-refractivity contribution is 8.17. The monoisotopic (exact) mass is 195 g/mol. The Morgan fingerprint density at radius 1 is 1.25 bits per heavy atom. The average molecular weight is 195 g/mol. The van der Waals surface area contributed by atoms with E-state index in [1.54, 1.807) is 0 Å². The summed E-state index contributed by atoms with van der Waals surface area (Å²) in [5.74, 6) is 0. The lowest BCUT2D eigenvalue weighted by atomic mass is 10.2. The van der Waals surface area contributed by atoms with Crippen LogP contribution in [0.5, 0.6) is 0 Å². The molecule has 0 atom stereocenters. The summed E-state index contributed by atoms with van der Waals surface area (Å²) in [7, 11) is 0. The first kappa shape index (κ1) is 9.45. The van der Waals surface area contributed by atoms with Gasteiger partial charge < -0.3 is 0 Å². The minimum atomic E-state index is -1.32. The van der Waals surface area contributed by atoms with Gasteiger partial charge in [0.2, 0.25) is 0 Å². The molecule has 1 aromatic carbocycles. The molecule has 1 rings (SSSR count). The van der Waals surface area contributed by atoms with Crippen LogP contribution in [0.1, 0.15) is 5.56 Å². The Morgan fingerprint density at radius 3 is 2.08 bits per heavy atom. The second kappa shape index (κ2) is 3.39. The summed E-state index contributed by atoms with van der Waals surface area (Å²) >= 11 is 5.36. The van der Waals surface area contributed by atoms with Gasteiger partial charge in [-0.1, -0.05) is 23.9 Å². The van der Waals surface area contributed by atoms with Gasteiger partial charge in [-0.15, -0.1) is 0 Å². The van der Waals surface area contributed by atoms with Crippen LogP contribution in [0.15, 0.2) is 24.3 Å².